The van der Waals surface area contributed by atoms with Gasteiger partial charge in [0, 0.05) is 12.4 Å². The Morgan fingerprint density at radius 2 is 1.50 bits per heavy atom. The summed E-state index contributed by atoms with van der Waals surface area (Å²) in [6.45, 7) is 1.69. The normalized spacial score (nSPS) is 10.5. The van der Waals surface area contributed by atoms with E-state index in [9.17, 15) is 8.42 Å². The first kappa shape index (κ1) is 19.5. The summed E-state index contributed by atoms with van der Waals surface area (Å²) in [5.41, 5.74) is 0. The van der Waals surface area contributed by atoms with E-state index in [1.807, 2.05) is 18.2 Å². The standard InChI is InChI=1S/C5H5N.C3H8O3S.H3O4P/c1-2-4-6-5-3-1;1-2-3-7(4,5)6;1-5(2,3)4/h1-5H;2-3H2,1H3,(H,4,5,6);(H3,1,2,3,4). The summed E-state index contributed by atoms with van der Waals surface area (Å²) < 4.78 is 36.4. The predicted molar refractivity (Wildman–Crippen MR) is 65.2 cm³/mol. The molecule has 0 aromatic carbocycles. The topological polar surface area (TPSA) is 145 Å². The Balaban J connectivity index is 0. The van der Waals surface area contributed by atoms with Crippen LogP contribution in [0.25, 0.3) is 0 Å². The molecule has 1 aromatic rings. The third-order valence-corrected chi connectivity index (χ3v) is 1.95. The van der Waals surface area contributed by atoms with Gasteiger partial charge in [0.25, 0.3) is 10.1 Å². The second kappa shape index (κ2) is 10.1. The summed E-state index contributed by atoms with van der Waals surface area (Å²) in [6, 6.07) is 5.72. The van der Waals surface area contributed by atoms with Gasteiger partial charge in [0.15, 0.2) is 0 Å². The zero-order valence-corrected chi connectivity index (χ0v) is 11.3. The van der Waals surface area contributed by atoms with Gasteiger partial charge < -0.3 is 14.7 Å². The fraction of sp³-hybridized carbons (Fsp3) is 0.375. The molecule has 8 nitrogen and oxygen atoms in total. The molecule has 0 unspecified atom stereocenters. The Bertz CT molecular complexity index is 395. The lowest BCUT2D eigenvalue weighted by molar-refractivity contribution is 0.275. The number of rotatable bonds is 2. The first-order valence-corrected chi connectivity index (χ1v) is 7.82. The molecule has 4 N–H and O–H groups in total. The molecule has 0 radical (unpaired) electrons. The molecule has 10 heteroatoms. The van der Waals surface area contributed by atoms with Gasteiger partial charge in [-0.3, -0.25) is 9.54 Å². The Hall–Kier alpha value is -0.830. The first-order valence-electron chi connectivity index (χ1n) is 4.64. The SMILES string of the molecule is CCCS(=O)(=O)O.O=P(O)(O)O.c1ccncc1. The summed E-state index contributed by atoms with van der Waals surface area (Å²) in [6.07, 6.45) is 3.97. The van der Waals surface area contributed by atoms with Crippen LogP contribution in [0, 0.1) is 0 Å². The number of nitrogens with zero attached hydrogens (tertiary/aromatic N) is 1. The van der Waals surface area contributed by atoms with E-state index in [0.717, 1.165) is 0 Å². The second-order valence-electron chi connectivity index (χ2n) is 2.82. The minimum atomic E-state index is -4.64. The van der Waals surface area contributed by atoms with Crippen LogP contribution in [-0.2, 0) is 14.7 Å². The van der Waals surface area contributed by atoms with Crippen molar-refractivity contribution in [1.29, 1.82) is 0 Å². The van der Waals surface area contributed by atoms with Crippen LogP contribution in [-0.4, -0.2) is 38.4 Å². The van der Waals surface area contributed by atoms with Gasteiger partial charge in [-0.25, -0.2) is 4.57 Å². The molecule has 1 aromatic heterocycles. The lowest BCUT2D eigenvalue weighted by Gasteiger charge is -1.85. The van der Waals surface area contributed by atoms with Crippen LogP contribution in [0.15, 0.2) is 30.6 Å². The lowest BCUT2D eigenvalue weighted by atomic mass is 10.5. The molecule has 1 heterocycles. The fourth-order valence-electron chi connectivity index (χ4n) is 0.571. The van der Waals surface area contributed by atoms with Crippen LogP contribution >= 0.6 is 7.82 Å². The van der Waals surface area contributed by atoms with Crippen LogP contribution in [0.4, 0.5) is 0 Å². The van der Waals surface area contributed by atoms with Gasteiger partial charge in [-0.05, 0) is 18.6 Å². The highest BCUT2D eigenvalue weighted by Gasteiger charge is 2.00. The van der Waals surface area contributed by atoms with E-state index < -0.39 is 17.9 Å². The molecule has 0 bridgehead atoms. The van der Waals surface area contributed by atoms with Crippen molar-refractivity contribution in [2.75, 3.05) is 5.75 Å². The van der Waals surface area contributed by atoms with Crippen LogP contribution in [0.2, 0.25) is 0 Å². The molecule has 106 valence electrons. The summed E-state index contributed by atoms with van der Waals surface area (Å²) >= 11 is 0. The zero-order chi connectivity index (χ0) is 14.7. The third-order valence-electron chi connectivity index (χ3n) is 1.03. The largest absolute Gasteiger partial charge is 0.466 e. The number of pyridine rings is 1. The van der Waals surface area contributed by atoms with Crippen molar-refractivity contribution in [3.05, 3.63) is 30.6 Å². The first-order chi connectivity index (χ1) is 8.06. The van der Waals surface area contributed by atoms with Crippen molar-refractivity contribution in [2.45, 2.75) is 13.3 Å². The van der Waals surface area contributed by atoms with Crippen molar-refractivity contribution in [1.82, 2.24) is 4.98 Å². The summed E-state index contributed by atoms with van der Waals surface area (Å²) in [4.78, 5) is 25.3. The monoisotopic (exact) mass is 301 g/mol. The van der Waals surface area contributed by atoms with Crippen molar-refractivity contribution >= 4 is 17.9 Å². The maximum Gasteiger partial charge on any atom is 0.466 e. The Kier molecular flexibility index (Phi) is 11.0. The van der Waals surface area contributed by atoms with Gasteiger partial charge in [-0.15, -0.1) is 0 Å². The molecular weight excluding hydrogens is 285 g/mol. The Morgan fingerprint density at radius 1 is 1.11 bits per heavy atom. The maximum atomic E-state index is 9.79. The molecule has 1 rings (SSSR count). The minimum Gasteiger partial charge on any atom is -0.303 e. The average molecular weight is 301 g/mol. The molecule has 0 aliphatic rings. The number of phosphoric acid groups is 1. The highest BCUT2D eigenvalue weighted by molar-refractivity contribution is 7.85. The molecule has 0 aliphatic carbocycles. The Morgan fingerprint density at radius 3 is 1.56 bits per heavy atom. The quantitative estimate of drug-likeness (QED) is 0.454. The highest BCUT2D eigenvalue weighted by Crippen LogP contribution is 2.25. The van der Waals surface area contributed by atoms with Crippen molar-refractivity contribution in [3.8, 4) is 0 Å². The van der Waals surface area contributed by atoms with Gasteiger partial charge >= 0.3 is 7.82 Å². The highest BCUT2D eigenvalue weighted by atomic mass is 32.2. The molecule has 0 amide bonds. The van der Waals surface area contributed by atoms with Gasteiger partial charge in [-0.1, -0.05) is 13.0 Å². The zero-order valence-electron chi connectivity index (χ0n) is 9.62. The van der Waals surface area contributed by atoms with E-state index in [0.29, 0.717) is 6.42 Å². The van der Waals surface area contributed by atoms with Crippen LogP contribution in [0.1, 0.15) is 13.3 Å². The van der Waals surface area contributed by atoms with E-state index in [1.165, 1.54) is 0 Å². The van der Waals surface area contributed by atoms with Crippen LogP contribution in [0.3, 0.4) is 0 Å². The lowest BCUT2D eigenvalue weighted by Crippen LogP contribution is -2.01. The molecule has 0 atom stereocenters. The average Bonchev–Trinajstić information content (AvgIpc) is 2.16. The molecule has 18 heavy (non-hydrogen) atoms. The minimum absolute atomic E-state index is 0.132. The number of hydrogen-bond acceptors (Lipinski definition) is 4. The Labute approximate surface area is 105 Å². The van der Waals surface area contributed by atoms with Gasteiger partial charge in [-0.2, -0.15) is 8.42 Å². The van der Waals surface area contributed by atoms with E-state index in [1.54, 1.807) is 19.3 Å². The molecule has 0 spiro atoms. The number of hydrogen-bond donors (Lipinski definition) is 4. The third kappa shape index (κ3) is 36.2. The molecule has 0 saturated carbocycles. The summed E-state index contributed by atoms with van der Waals surface area (Å²) in [5, 5.41) is 0. The van der Waals surface area contributed by atoms with Crippen molar-refractivity contribution in [2.24, 2.45) is 0 Å². The van der Waals surface area contributed by atoms with E-state index >= 15 is 0 Å². The van der Waals surface area contributed by atoms with E-state index in [-0.39, 0.29) is 5.75 Å². The van der Waals surface area contributed by atoms with E-state index in [4.69, 9.17) is 23.8 Å². The molecule has 0 saturated heterocycles. The van der Waals surface area contributed by atoms with Gasteiger partial charge in [0.1, 0.15) is 0 Å². The van der Waals surface area contributed by atoms with Crippen molar-refractivity contribution < 1.29 is 32.2 Å². The molecule has 0 aliphatic heterocycles. The van der Waals surface area contributed by atoms with Gasteiger partial charge in [0.05, 0.1) is 5.75 Å². The maximum absolute atomic E-state index is 9.79. The molecule has 0 fully saturated rings. The van der Waals surface area contributed by atoms with Crippen LogP contribution in [0.5, 0.6) is 0 Å². The smallest absolute Gasteiger partial charge is 0.303 e. The summed E-state index contributed by atoms with van der Waals surface area (Å²) in [7, 11) is -8.31. The fourth-order valence-corrected chi connectivity index (χ4v) is 1.09. The van der Waals surface area contributed by atoms with Crippen molar-refractivity contribution in [3.63, 3.8) is 0 Å². The second-order valence-corrected chi connectivity index (χ2v) is 5.42. The van der Waals surface area contributed by atoms with Crippen LogP contribution < -0.4 is 0 Å². The number of aromatic nitrogens is 1. The predicted octanol–water partition coefficient (Wildman–Crippen LogP) is 0.437. The molecular formula is C8H16NO7PS. The van der Waals surface area contributed by atoms with Gasteiger partial charge in [0.2, 0.25) is 0 Å². The van der Waals surface area contributed by atoms with E-state index in [2.05, 4.69) is 4.98 Å². The summed E-state index contributed by atoms with van der Waals surface area (Å²) in [5.74, 6) is -0.132.